The van der Waals surface area contributed by atoms with Crippen molar-refractivity contribution in [3.05, 3.63) is 30.1 Å². The molecule has 0 aliphatic heterocycles. The van der Waals surface area contributed by atoms with Gasteiger partial charge in [0.1, 0.15) is 5.60 Å². The molecule has 2 N–H and O–H groups in total. The molecule has 0 bridgehead atoms. The van der Waals surface area contributed by atoms with Gasteiger partial charge in [-0.05, 0) is 32.4 Å². The minimum atomic E-state index is -2.85. The van der Waals surface area contributed by atoms with E-state index in [0.717, 1.165) is 6.92 Å². The average molecular weight is 245 g/mol. The fourth-order valence-electron chi connectivity index (χ4n) is 1.50. The SMILES string of the molecule is CC(F)(F)CC[C@H](O)[C@@](C)(O)c1ccccn1. The number of aliphatic hydroxyl groups excluding tert-OH is 1. The number of aromatic nitrogens is 1. The van der Waals surface area contributed by atoms with Crippen LogP contribution in [0.1, 0.15) is 32.4 Å². The predicted octanol–water partition coefficient (Wildman–Crippen LogP) is 2.09. The van der Waals surface area contributed by atoms with Gasteiger partial charge < -0.3 is 10.2 Å². The third kappa shape index (κ3) is 4.02. The first-order valence-electron chi connectivity index (χ1n) is 5.43. The van der Waals surface area contributed by atoms with Crippen LogP contribution in [0.2, 0.25) is 0 Å². The topological polar surface area (TPSA) is 53.4 Å². The lowest BCUT2D eigenvalue weighted by Gasteiger charge is -2.29. The molecule has 1 aromatic rings. The minimum Gasteiger partial charge on any atom is -0.390 e. The summed E-state index contributed by atoms with van der Waals surface area (Å²) in [6.45, 7) is 2.16. The molecule has 0 saturated carbocycles. The number of rotatable bonds is 5. The van der Waals surface area contributed by atoms with Crippen LogP contribution in [-0.2, 0) is 5.60 Å². The molecule has 0 spiro atoms. The maximum Gasteiger partial charge on any atom is 0.245 e. The van der Waals surface area contributed by atoms with Crippen molar-refractivity contribution in [2.24, 2.45) is 0 Å². The highest BCUT2D eigenvalue weighted by molar-refractivity contribution is 5.13. The van der Waals surface area contributed by atoms with E-state index in [0.29, 0.717) is 0 Å². The van der Waals surface area contributed by atoms with E-state index in [1.807, 2.05) is 0 Å². The van der Waals surface area contributed by atoms with Crippen molar-refractivity contribution in [3.63, 3.8) is 0 Å². The molecule has 0 aliphatic carbocycles. The van der Waals surface area contributed by atoms with Gasteiger partial charge in [-0.1, -0.05) is 6.07 Å². The lowest BCUT2D eigenvalue weighted by molar-refractivity contribution is -0.0869. The molecule has 3 nitrogen and oxygen atoms in total. The second-order valence-corrected chi connectivity index (χ2v) is 4.49. The van der Waals surface area contributed by atoms with E-state index in [9.17, 15) is 19.0 Å². The Hall–Kier alpha value is -1.07. The highest BCUT2D eigenvalue weighted by Gasteiger charge is 2.35. The molecule has 0 unspecified atom stereocenters. The van der Waals surface area contributed by atoms with Crippen molar-refractivity contribution in [1.29, 1.82) is 0 Å². The molecule has 0 aliphatic rings. The molecule has 17 heavy (non-hydrogen) atoms. The molecular formula is C12H17F2NO2. The molecule has 0 saturated heterocycles. The third-order valence-corrected chi connectivity index (χ3v) is 2.69. The Morgan fingerprint density at radius 3 is 2.47 bits per heavy atom. The maximum absolute atomic E-state index is 12.7. The van der Waals surface area contributed by atoms with Crippen molar-refractivity contribution in [2.75, 3.05) is 0 Å². The average Bonchev–Trinajstić information content (AvgIpc) is 2.26. The van der Waals surface area contributed by atoms with E-state index in [-0.39, 0.29) is 12.1 Å². The Labute approximate surface area is 99.1 Å². The zero-order chi connectivity index (χ0) is 13.1. The van der Waals surface area contributed by atoms with Crippen LogP contribution >= 0.6 is 0 Å². The molecule has 0 fully saturated rings. The molecule has 1 aromatic heterocycles. The first-order valence-corrected chi connectivity index (χ1v) is 5.43. The molecule has 1 rings (SSSR count). The van der Waals surface area contributed by atoms with Crippen molar-refractivity contribution in [3.8, 4) is 0 Å². The number of aliphatic hydroxyl groups is 2. The number of pyridine rings is 1. The van der Waals surface area contributed by atoms with Gasteiger partial charge in [-0.2, -0.15) is 0 Å². The van der Waals surface area contributed by atoms with Crippen LogP contribution in [0.15, 0.2) is 24.4 Å². The Balaban J connectivity index is 2.71. The highest BCUT2D eigenvalue weighted by Crippen LogP contribution is 2.28. The van der Waals surface area contributed by atoms with Gasteiger partial charge in [0, 0.05) is 12.6 Å². The first-order chi connectivity index (χ1) is 7.73. The van der Waals surface area contributed by atoms with E-state index in [1.54, 1.807) is 18.2 Å². The van der Waals surface area contributed by atoms with Gasteiger partial charge in [-0.15, -0.1) is 0 Å². The lowest BCUT2D eigenvalue weighted by Crippen LogP contribution is -2.38. The Morgan fingerprint density at radius 2 is 2.00 bits per heavy atom. The molecule has 96 valence electrons. The quantitative estimate of drug-likeness (QED) is 0.835. The fourth-order valence-corrected chi connectivity index (χ4v) is 1.50. The largest absolute Gasteiger partial charge is 0.390 e. The summed E-state index contributed by atoms with van der Waals surface area (Å²) >= 11 is 0. The van der Waals surface area contributed by atoms with Crippen molar-refractivity contribution in [1.82, 2.24) is 4.98 Å². The molecule has 0 aromatic carbocycles. The summed E-state index contributed by atoms with van der Waals surface area (Å²) in [6.07, 6.45) is -0.460. The number of hydrogen-bond acceptors (Lipinski definition) is 3. The van der Waals surface area contributed by atoms with E-state index in [4.69, 9.17) is 0 Å². The Kier molecular flexibility index (Phi) is 4.16. The van der Waals surface area contributed by atoms with E-state index < -0.39 is 24.0 Å². The van der Waals surface area contributed by atoms with Crippen molar-refractivity contribution >= 4 is 0 Å². The summed E-state index contributed by atoms with van der Waals surface area (Å²) in [5.74, 6) is -2.85. The van der Waals surface area contributed by atoms with Gasteiger partial charge >= 0.3 is 0 Å². The molecule has 0 amide bonds. The van der Waals surface area contributed by atoms with Crippen molar-refractivity contribution < 1.29 is 19.0 Å². The predicted molar refractivity (Wildman–Crippen MR) is 59.7 cm³/mol. The smallest absolute Gasteiger partial charge is 0.245 e. The van der Waals surface area contributed by atoms with E-state index >= 15 is 0 Å². The Bertz CT molecular complexity index is 349. The number of alkyl halides is 2. The standard InChI is InChI=1S/C12H17F2NO2/c1-11(13,14)7-6-10(16)12(2,17)9-5-3-4-8-15-9/h3-5,8,10,16-17H,6-7H2,1-2H3/t10-,12-/m0/s1. The van der Waals surface area contributed by atoms with Crippen LogP contribution in [0, 0.1) is 0 Å². The zero-order valence-electron chi connectivity index (χ0n) is 9.90. The fraction of sp³-hybridized carbons (Fsp3) is 0.583. The van der Waals surface area contributed by atoms with Crippen LogP contribution < -0.4 is 0 Å². The van der Waals surface area contributed by atoms with Gasteiger partial charge in [0.05, 0.1) is 11.8 Å². The Morgan fingerprint density at radius 1 is 1.35 bits per heavy atom. The van der Waals surface area contributed by atoms with Gasteiger partial charge in [0.25, 0.3) is 0 Å². The number of nitrogens with zero attached hydrogens (tertiary/aromatic N) is 1. The van der Waals surface area contributed by atoms with Crippen LogP contribution in [0.3, 0.4) is 0 Å². The van der Waals surface area contributed by atoms with Crippen LogP contribution in [-0.4, -0.2) is 27.2 Å². The summed E-state index contributed by atoms with van der Waals surface area (Å²) in [4.78, 5) is 3.92. The first kappa shape index (κ1) is 14.0. The maximum atomic E-state index is 12.7. The van der Waals surface area contributed by atoms with Gasteiger partial charge in [-0.25, -0.2) is 8.78 Å². The van der Waals surface area contributed by atoms with Crippen LogP contribution in [0.25, 0.3) is 0 Å². The minimum absolute atomic E-state index is 0.187. The summed E-state index contributed by atoms with van der Waals surface area (Å²) < 4.78 is 25.3. The summed E-state index contributed by atoms with van der Waals surface area (Å²) in [5.41, 5.74) is -1.35. The van der Waals surface area contributed by atoms with E-state index in [1.165, 1.54) is 13.1 Å². The van der Waals surface area contributed by atoms with E-state index in [2.05, 4.69) is 4.98 Å². The second kappa shape index (κ2) is 5.06. The van der Waals surface area contributed by atoms with Gasteiger partial charge in [-0.3, -0.25) is 4.98 Å². The number of halogens is 2. The third-order valence-electron chi connectivity index (χ3n) is 2.69. The van der Waals surface area contributed by atoms with Crippen molar-refractivity contribution in [2.45, 2.75) is 44.3 Å². The monoisotopic (exact) mass is 245 g/mol. The van der Waals surface area contributed by atoms with Crippen LogP contribution in [0.5, 0.6) is 0 Å². The van der Waals surface area contributed by atoms with Gasteiger partial charge in [0.2, 0.25) is 5.92 Å². The van der Waals surface area contributed by atoms with Gasteiger partial charge in [0.15, 0.2) is 0 Å². The lowest BCUT2D eigenvalue weighted by atomic mass is 9.90. The summed E-state index contributed by atoms with van der Waals surface area (Å²) in [5, 5.41) is 19.9. The highest BCUT2D eigenvalue weighted by atomic mass is 19.3. The summed E-state index contributed by atoms with van der Waals surface area (Å²) in [6, 6.07) is 4.89. The normalized spacial score (nSPS) is 17.5. The molecule has 5 heteroatoms. The molecule has 2 atom stereocenters. The van der Waals surface area contributed by atoms with Crippen LogP contribution in [0.4, 0.5) is 8.78 Å². The zero-order valence-corrected chi connectivity index (χ0v) is 9.90. The molecular weight excluding hydrogens is 228 g/mol. The molecule has 0 radical (unpaired) electrons. The number of hydrogen-bond donors (Lipinski definition) is 2. The second-order valence-electron chi connectivity index (χ2n) is 4.49. The summed E-state index contributed by atoms with van der Waals surface area (Å²) in [7, 11) is 0. The molecule has 1 heterocycles.